The smallest absolute Gasteiger partial charge is 0.307 e. The minimum absolute atomic E-state index is 0.00240. The molecule has 2 aliphatic rings. The molecule has 1 fully saturated rings. The number of anilines is 1. The number of benzene rings is 1. The highest BCUT2D eigenvalue weighted by Crippen LogP contribution is 2.48. The van der Waals surface area contributed by atoms with E-state index in [2.05, 4.69) is 5.32 Å². The molecule has 0 aliphatic heterocycles. The number of amides is 1. The van der Waals surface area contributed by atoms with Crippen LogP contribution in [-0.4, -0.2) is 22.8 Å². The lowest BCUT2D eigenvalue weighted by Crippen LogP contribution is -2.36. The van der Waals surface area contributed by atoms with Crippen molar-refractivity contribution in [1.29, 1.82) is 0 Å². The molecule has 2 N–H and O–H groups in total. The molecule has 22 heavy (non-hydrogen) atoms. The van der Waals surface area contributed by atoms with Crippen LogP contribution in [0.25, 0.3) is 0 Å². The lowest BCUT2D eigenvalue weighted by atomic mass is 9.82. The Kier molecular flexibility index (Phi) is 3.56. The number of carboxylic acid groups (broad SMARTS) is 1. The molecule has 4 atom stereocenters. The van der Waals surface area contributed by atoms with Crippen molar-refractivity contribution >= 4 is 23.3 Å². The largest absolute Gasteiger partial charge is 0.481 e. The number of aliphatic carboxylic acids is 1. The number of fused-ring (bicyclic) bond motifs is 2. The van der Waals surface area contributed by atoms with Crippen molar-refractivity contribution < 1.29 is 19.5 Å². The second-order valence-corrected chi connectivity index (χ2v) is 5.96. The molecule has 1 amide bonds. The van der Waals surface area contributed by atoms with Crippen molar-refractivity contribution in [2.45, 2.75) is 13.3 Å². The summed E-state index contributed by atoms with van der Waals surface area (Å²) in [5.41, 5.74) is 1.15. The predicted octanol–water partition coefficient (Wildman–Crippen LogP) is 2.35. The molecule has 1 aromatic carbocycles. The van der Waals surface area contributed by atoms with Crippen LogP contribution in [0.15, 0.2) is 36.4 Å². The van der Waals surface area contributed by atoms with Gasteiger partial charge in [0.25, 0.3) is 0 Å². The molecular formula is C17H17NO4. The maximum Gasteiger partial charge on any atom is 0.307 e. The number of hydrogen-bond acceptors (Lipinski definition) is 3. The number of nitrogens with one attached hydrogen (secondary N) is 1. The molecule has 1 aromatic rings. The number of hydrogen-bond donors (Lipinski definition) is 2. The first kappa shape index (κ1) is 14.5. The SMILES string of the molecule is CC(=O)c1ccc(NC(=O)[C@H]2[C@H](C(=O)O)[C@H]3C=C[C@H]2C3)cc1. The van der Waals surface area contributed by atoms with Gasteiger partial charge in [0.05, 0.1) is 11.8 Å². The van der Waals surface area contributed by atoms with Gasteiger partial charge in [0.2, 0.25) is 5.91 Å². The van der Waals surface area contributed by atoms with Crippen LogP contribution in [0.1, 0.15) is 23.7 Å². The molecule has 1 saturated carbocycles. The normalized spacial score (nSPS) is 28.6. The summed E-state index contributed by atoms with van der Waals surface area (Å²) in [6.07, 6.45) is 4.60. The van der Waals surface area contributed by atoms with E-state index in [1.165, 1.54) is 6.92 Å². The van der Waals surface area contributed by atoms with Crippen LogP contribution in [0, 0.1) is 23.7 Å². The number of allylic oxidation sites excluding steroid dienone is 2. The number of carbonyl (C=O) groups excluding carboxylic acids is 2. The van der Waals surface area contributed by atoms with Crippen molar-refractivity contribution in [3.63, 3.8) is 0 Å². The van der Waals surface area contributed by atoms with Crippen LogP contribution in [0.5, 0.6) is 0 Å². The highest BCUT2D eigenvalue weighted by Gasteiger charge is 2.51. The van der Waals surface area contributed by atoms with E-state index in [0.717, 1.165) is 6.42 Å². The van der Waals surface area contributed by atoms with Crippen molar-refractivity contribution in [1.82, 2.24) is 0 Å². The number of ketones is 1. The zero-order valence-corrected chi connectivity index (χ0v) is 12.2. The van der Waals surface area contributed by atoms with Crippen molar-refractivity contribution in [3.8, 4) is 0 Å². The Labute approximate surface area is 128 Å². The second-order valence-electron chi connectivity index (χ2n) is 5.96. The van der Waals surface area contributed by atoms with Gasteiger partial charge in [-0.25, -0.2) is 0 Å². The van der Waals surface area contributed by atoms with E-state index in [4.69, 9.17) is 0 Å². The summed E-state index contributed by atoms with van der Waals surface area (Å²) in [5, 5.41) is 12.1. The number of rotatable bonds is 4. The third-order valence-electron chi connectivity index (χ3n) is 4.61. The summed E-state index contributed by atoms with van der Waals surface area (Å²) in [7, 11) is 0. The first-order valence-corrected chi connectivity index (χ1v) is 7.30. The van der Waals surface area contributed by atoms with Crippen LogP contribution in [0.2, 0.25) is 0 Å². The van der Waals surface area contributed by atoms with Crippen molar-refractivity contribution in [2.24, 2.45) is 23.7 Å². The van der Waals surface area contributed by atoms with Gasteiger partial charge in [-0.1, -0.05) is 12.2 Å². The Morgan fingerprint density at radius 3 is 2.18 bits per heavy atom. The van der Waals surface area contributed by atoms with Crippen LogP contribution in [0.4, 0.5) is 5.69 Å². The zero-order chi connectivity index (χ0) is 15.9. The van der Waals surface area contributed by atoms with Gasteiger partial charge in [0, 0.05) is 11.3 Å². The summed E-state index contributed by atoms with van der Waals surface area (Å²) >= 11 is 0. The van der Waals surface area contributed by atoms with E-state index in [-0.39, 0.29) is 23.5 Å². The summed E-state index contributed by atoms with van der Waals surface area (Å²) in [4.78, 5) is 35.1. The fourth-order valence-corrected chi connectivity index (χ4v) is 3.53. The van der Waals surface area contributed by atoms with Crippen LogP contribution >= 0.6 is 0 Å². The molecule has 114 valence electrons. The van der Waals surface area contributed by atoms with Gasteiger partial charge < -0.3 is 10.4 Å². The van der Waals surface area contributed by atoms with Gasteiger partial charge >= 0.3 is 5.97 Å². The Hall–Kier alpha value is -2.43. The lowest BCUT2D eigenvalue weighted by molar-refractivity contribution is -0.146. The first-order valence-electron chi connectivity index (χ1n) is 7.30. The van der Waals surface area contributed by atoms with Crippen LogP contribution in [0.3, 0.4) is 0 Å². The Morgan fingerprint density at radius 1 is 1.05 bits per heavy atom. The van der Waals surface area contributed by atoms with Crippen molar-refractivity contribution in [2.75, 3.05) is 5.32 Å². The van der Waals surface area contributed by atoms with Gasteiger partial charge in [-0.15, -0.1) is 0 Å². The third-order valence-corrected chi connectivity index (χ3v) is 4.61. The van der Waals surface area contributed by atoms with E-state index >= 15 is 0 Å². The molecule has 2 aliphatic carbocycles. The molecule has 0 unspecified atom stereocenters. The maximum absolute atomic E-state index is 12.5. The van der Waals surface area contributed by atoms with E-state index < -0.39 is 17.8 Å². The Bertz CT molecular complexity index is 662. The number of Topliss-reactive ketones (excluding diaryl/α,β-unsaturated/α-hetero) is 1. The van der Waals surface area contributed by atoms with Gasteiger partial charge in [-0.3, -0.25) is 14.4 Å². The molecule has 3 rings (SSSR count). The molecule has 0 spiro atoms. The van der Waals surface area contributed by atoms with Gasteiger partial charge in [0.15, 0.2) is 5.78 Å². The molecule has 0 aromatic heterocycles. The van der Waals surface area contributed by atoms with E-state index in [1.54, 1.807) is 24.3 Å². The number of carbonyl (C=O) groups is 3. The fraction of sp³-hybridized carbons (Fsp3) is 0.353. The molecule has 0 heterocycles. The average Bonchev–Trinajstić information content (AvgIpc) is 3.08. The van der Waals surface area contributed by atoms with E-state index in [1.807, 2.05) is 12.2 Å². The lowest BCUT2D eigenvalue weighted by Gasteiger charge is -2.23. The topological polar surface area (TPSA) is 83.5 Å². The van der Waals surface area contributed by atoms with Gasteiger partial charge in [-0.05, 0) is 49.4 Å². The molecule has 5 nitrogen and oxygen atoms in total. The fourth-order valence-electron chi connectivity index (χ4n) is 3.53. The van der Waals surface area contributed by atoms with Crippen molar-refractivity contribution in [3.05, 3.63) is 42.0 Å². The summed E-state index contributed by atoms with van der Waals surface area (Å²) in [5.74, 6) is -2.43. The Morgan fingerprint density at radius 2 is 1.64 bits per heavy atom. The highest BCUT2D eigenvalue weighted by molar-refractivity contribution is 5.98. The standard InChI is InChI=1S/C17H17NO4/c1-9(19)10-4-6-13(7-5-10)18-16(20)14-11-2-3-12(8-11)15(14)17(21)22/h2-7,11-12,14-15H,8H2,1H3,(H,18,20)(H,21,22)/t11-,12-,14+,15+/m0/s1. The second kappa shape index (κ2) is 5.40. The minimum Gasteiger partial charge on any atom is -0.481 e. The molecular weight excluding hydrogens is 282 g/mol. The maximum atomic E-state index is 12.5. The number of carboxylic acids is 1. The minimum atomic E-state index is -0.913. The summed E-state index contributed by atoms with van der Waals surface area (Å²) in [6, 6.07) is 6.61. The molecule has 0 saturated heterocycles. The monoisotopic (exact) mass is 299 g/mol. The van der Waals surface area contributed by atoms with E-state index in [9.17, 15) is 19.5 Å². The quantitative estimate of drug-likeness (QED) is 0.660. The molecule has 2 bridgehead atoms. The first-order chi connectivity index (χ1) is 10.5. The highest BCUT2D eigenvalue weighted by atomic mass is 16.4. The van der Waals surface area contributed by atoms with Crippen LogP contribution < -0.4 is 5.32 Å². The zero-order valence-electron chi connectivity index (χ0n) is 12.2. The van der Waals surface area contributed by atoms with Gasteiger partial charge in [-0.2, -0.15) is 0 Å². The third kappa shape index (κ3) is 2.43. The van der Waals surface area contributed by atoms with E-state index in [0.29, 0.717) is 11.3 Å². The molecule has 0 radical (unpaired) electrons. The average molecular weight is 299 g/mol. The Balaban J connectivity index is 1.75. The van der Waals surface area contributed by atoms with Crippen LogP contribution in [-0.2, 0) is 9.59 Å². The van der Waals surface area contributed by atoms with Gasteiger partial charge in [0.1, 0.15) is 0 Å². The summed E-state index contributed by atoms with van der Waals surface area (Å²) in [6.45, 7) is 1.48. The summed E-state index contributed by atoms with van der Waals surface area (Å²) < 4.78 is 0. The predicted molar refractivity (Wildman–Crippen MR) is 80.4 cm³/mol. The molecule has 5 heteroatoms.